The van der Waals surface area contributed by atoms with E-state index in [1.165, 1.54) is 0 Å². The van der Waals surface area contributed by atoms with Gasteiger partial charge >= 0.3 is 0 Å². The highest BCUT2D eigenvalue weighted by molar-refractivity contribution is 5.24. The highest BCUT2D eigenvalue weighted by Crippen LogP contribution is 2.70. The third-order valence-corrected chi connectivity index (χ3v) is 8.96. The number of aliphatic hydroxyl groups is 5. The van der Waals surface area contributed by atoms with Crippen LogP contribution in [-0.4, -0.2) is 55.0 Å². The molecule has 0 radical (unpaired) electrons. The van der Waals surface area contributed by atoms with Gasteiger partial charge in [0.25, 0.3) is 0 Å². The lowest BCUT2D eigenvalue weighted by Gasteiger charge is -2.45. The molecule has 24 heavy (non-hydrogen) atoms. The van der Waals surface area contributed by atoms with Crippen molar-refractivity contribution in [2.24, 2.45) is 34.5 Å². The van der Waals surface area contributed by atoms with Crippen LogP contribution in [0, 0.1) is 34.5 Å². The van der Waals surface area contributed by atoms with Crippen molar-refractivity contribution < 1.29 is 25.5 Å². The maximum atomic E-state index is 11.6. The fraction of sp³-hybridized carbons (Fsp3) is 1.00. The molecular formula is C19H32O5. The second-order valence-electron chi connectivity index (χ2n) is 10.1. The minimum absolute atomic E-state index is 0.0827. The van der Waals surface area contributed by atoms with E-state index < -0.39 is 40.3 Å². The predicted octanol–water partition coefficient (Wildman–Crippen LogP) is 0.663. The first kappa shape index (κ1) is 17.2. The second kappa shape index (κ2) is 4.55. The van der Waals surface area contributed by atoms with Crippen LogP contribution in [0.3, 0.4) is 0 Å². The van der Waals surface area contributed by atoms with Crippen molar-refractivity contribution in [3.63, 3.8) is 0 Å². The zero-order chi connectivity index (χ0) is 17.9. The SMILES string of the molecule is CC1C2C[C@@H]3C(O)[C@@]2(CC(O)C2(O)[C@H]1CC(O)C2(C)C)CC3(C)O. The van der Waals surface area contributed by atoms with E-state index >= 15 is 0 Å². The standard InChI is InChI=1S/C19H32O5/c1-9-10-5-12-15(22)18(10,8-17(12,4)23)7-14(21)19(24)11(9)6-13(20)16(19,2)3/h9-15,20-24H,5-8H2,1-4H3/t9?,10?,11-,12+,13?,14?,15?,17?,18-,19?/m0/s1. The fourth-order valence-electron chi connectivity index (χ4n) is 7.51. The summed E-state index contributed by atoms with van der Waals surface area (Å²) in [5.41, 5.74) is -3.61. The summed E-state index contributed by atoms with van der Waals surface area (Å²) in [5.74, 6) is -0.118. The van der Waals surface area contributed by atoms with Crippen molar-refractivity contribution in [1.29, 1.82) is 0 Å². The van der Waals surface area contributed by atoms with Gasteiger partial charge in [0.15, 0.2) is 0 Å². The lowest BCUT2D eigenvalue weighted by atomic mass is 9.63. The first-order valence-corrected chi connectivity index (χ1v) is 9.38. The fourth-order valence-corrected chi connectivity index (χ4v) is 7.51. The van der Waals surface area contributed by atoms with Crippen LogP contribution < -0.4 is 0 Å². The normalized spacial score (nSPS) is 64.6. The largest absolute Gasteiger partial charge is 0.392 e. The number of aliphatic hydroxyl groups excluding tert-OH is 3. The summed E-state index contributed by atoms with van der Waals surface area (Å²) in [7, 11) is 0. The molecule has 0 aromatic carbocycles. The average Bonchev–Trinajstić information content (AvgIpc) is 2.89. The maximum absolute atomic E-state index is 11.6. The minimum atomic E-state index is -1.37. The molecule has 1 spiro atoms. The number of hydrogen-bond donors (Lipinski definition) is 5. The van der Waals surface area contributed by atoms with Gasteiger partial charge in [-0.15, -0.1) is 0 Å². The van der Waals surface area contributed by atoms with Crippen LogP contribution in [0.4, 0.5) is 0 Å². The van der Waals surface area contributed by atoms with E-state index in [1.807, 2.05) is 13.8 Å². The molecule has 4 aliphatic rings. The van der Waals surface area contributed by atoms with E-state index in [1.54, 1.807) is 6.92 Å². The van der Waals surface area contributed by atoms with Crippen molar-refractivity contribution in [1.82, 2.24) is 0 Å². The second-order valence-corrected chi connectivity index (χ2v) is 10.1. The molecule has 7 unspecified atom stereocenters. The molecule has 4 aliphatic carbocycles. The van der Waals surface area contributed by atoms with Gasteiger partial charge in [-0.2, -0.15) is 0 Å². The van der Waals surface area contributed by atoms with E-state index in [9.17, 15) is 25.5 Å². The molecule has 0 aromatic heterocycles. The molecule has 0 aliphatic heterocycles. The van der Waals surface area contributed by atoms with Crippen molar-refractivity contribution in [3.8, 4) is 0 Å². The van der Waals surface area contributed by atoms with Crippen LogP contribution in [-0.2, 0) is 0 Å². The number of rotatable bonds is 0. The van der Waals surface area contributed by atoms with E-state index in [-0.39, 0.29) is 23.7 Å². The molecule has 2 bridgehead atoms. The first-order chi connectivity index (χ1) is 10.9. The van der Waals surface area contributed by atoms with Crippen LogP contribution in [0.5, 0.6) is 0 Å². The van der Waals surface area contributed by atoms with Crippen molar-refractivity contribution in [2.45, 2.75) is 82.9 Å². The quantitative estimate of drug-likeness (QED) is 0.446. The van der Waals surface area contributed by atoms with Gasteiger partial charge in [-0.3, -0.25) is 0 Å². The monoisotopic (exact) mass is 340 g/mol. The molecule has 0 amide bonds. The van der Waals surface area contributed by atoms with Gasteiger partial charge in [-0.25, -0.2) is 0 Å². The zero-order valence-electron chi connectivity index (χ0n) is 15.1. The van der Waals surface area contributed by atoms with Gasteiger partial charge in [-0.1, -0.05) is 20.8 Å². The Bertz CT molecular complexity index is 560. The van der Waals surface area contributed by atoms with E-state index in [2.05, 4.69) is 6.92 Å². The molecule has 10 atom stereocenters. The molecule has 4 rings (SSSR count). The molecular weight excluding hydrogens is 308 g/mol. The van der Waals surface area contributed by atoms with E-state index in [0.29, 0.717) is 19.3 Å². The van der Waals surface area contributed by atoms with Gasteiger partial charge in [0, 0.05) is 16.7 Å². The Balaban J connectivity index is 1.82. The highest BCUT2D eigenvalue weighted by atomic mass is 16.4. The van der Waals surface area contributed by atoms with E-state index in [0.717, 1.165) is 6.42 Å². The Hall–Kier alpha value is -0.200. The highest BCUT2D eigenvalue weighted by Gasteiger charge is 2.74. The topological polar surface area (TPSA) is 101 Å². The molecule has 5 heteroatoms. The summed E-state index contributed by atoms with van der Waals surface area (Å²) < 4.78 is 0. The number of fused-ring (bicyclic) bond motifs is 2. The van der Waals surface area contributed by atoms with Crippen LogP contribution in [0.2, 0.25) is 0 Å². The maximum Gasteiger partial charge on any atom is 0.101 e. The summed E-state index contributed by atoms with van der Waals surface area (Å²) in [6.07, 6.45) is -0.320. The van der Waals surface area contributed by atoms with Gasteiger partial charge in [0.05, 0.1) is 23.9 Å². The molecule has 0 aromatic rings. The first-order valence-electron chi connectivity index (χ1n) is 9.38. The molecule has 0 saturated heterocycles. The Morgan fingerprint density at radius 3 is 2.04 bits per heavy atom. The third kappa shape index (κ3) is 1.64. The summed E-state index contributed by atoms with van der Waals surface area (Å²) in [6.45, 7) is 7.54. The molecule has 138 valence electrons. The van der Waals surface area contributed by atoms with Crippen molar-refractivity contribution >= 4 is 0 Å². The lowest BCUT2D eigenvalue weighted by molar-refractivity contribution is -0.178. The molecule has 4 saturated carbocycles. The Kier molecular flexibility index (Phi) is 3.27. The Labute approximate surface area is 143 Å². The summed E-state index contributed by atoms with van der Waals surface area (Å²) >= 11 is 0. The third-order valence-electron chi connectivity index (χ3n) is 8.96. The van der Waals surface area contributed by atoms with Crippen LogP contribution >= 0.6 is 0 Å². The smallest absolute Gasteiger partial charge is 0.101 e. The summed E-state index contributed by atoms with van der Waals surface area (Å²) in [5, 5.41) is 54.8. The van der Waals surface area contributed by atoms with E-state index in [4.69, 9.17) is 0 Å². The van der Waals surface area contributed by atoms with Crippen molar-refractivity contribution in [3.05, 3.63) is 0 Å². The molecule has 5 nitrogen and oxygen atoms in total. The molecule has 5 N–H and O–H groups in total. The van der Waals surface area contributed by atoms with Gasteiger partial charge in [-0.05, 0) is 50.4 Å². The number of hydrogen-bond acceptors (Lipinski definition) is 5. The molecule has 0 heterocycles. The Morgan fingerprint density at radius 1 is 0.833 bits per heavy atom. The summed E-state index contributed by atoms with van der Waals surface area (Å²) in [6, 6.07) is 0. The van der Waals surface area contributed by atoms with Crippen LogP contribution in [0.25, 0.3) is 0 Å². The van der Waals surface area contributed by atoms with Gasteiger partial charge in [0.1, 0.15) is 5.60 Å². The average molecular weight is 340 g/mol. The molecule has 4 fully saturated rings. The van der Waals surface area contributed by atoms with Crippen LogP contribution in [0.15, 0.2) is 0 Å². The summed E-state index contributed by atoms with van der Waals surface area (Å²) in [4.78, 5) is 0. The zero-order valence-corrected chi connectivity index (χ0v) is 15.1. The van der Waals surface area contributed by atoms with Gasteiger partial charge in [0.2, 0.25) is 0 Å². The van der Waals surface area contributed by atoms with Crippen molar-refractivity contribution in [2.75, 3.05) is 0 Å². The van der Waals surface area contributed by atoms with Crippen LogP contribution in [0.1, 0.15) is 53.4 Å². The van der Waals surface area contributed by atoms with Gasteiger partial charge < -0.3 is 25.5 Å². The minimum Gasteiger partial charge on any atom is -0.392 e. The lowest BCUT2D eigenvalue weighted by Crippen LogP contribution is -2.57. The Morgan fingerprint density at radius 2 is 1.46 bits per heavy atom. The predicted molar refractivity (Wildman–Crippen MR) is 87.9 cm³/mol.